The molecule has 0 bridgehead atoms. The predicted molar refractivity (Wildman–Crippen MR) is 61.8 cm³/mol. The zero-order chi connectivity index (χ0) is 13.6. The zero-order valence-corrected chi connectivity index (χ0v) is 11.1. The normalized spacial score (nSPS) is 10.3. The Labute approximate surface area is 106 Å². The summed E-state index contributed by atoms with van der Waals surface area (Å²) in [7, 11) is 1.16. The van der Waals surface area contributed by atoms with E-state index in [1.165, 1.54) is 0 Å². The zero-order valence-electron chi connectivity index (χ0n) is 9.56. The van der Waals surface area contributed by atoms with Crippen molar-refractivity contribution in [2.45, 2.75) is 20.0 Å². The smallest absolute Gasteiger partial charge is 0.417 e. The van der Waals surface area contributed by atoms with Gasteiger partial charge in [0.1, 0.15) is 0 Å². The van der Waals surface area contributed by atoms with Crippen LogP contribution in [0.25, 0.3) is 0 Å². The van der Waals surface area contributed by atoms with Crippen molar-refractivity contribution in [1.29, 1.82) is 0 Å². The molecule has 0 saturated carbocycles. The molecule has 0 radical (unpaired) electrons. The molecule has 0 aliphatic rings. The molecule has 0 heterocycles. The Morgan fingerprint density at radius 1 is 1.29 bits per heavy atom. The van der Waals surface area contributed by atoms with Crippen LogP contribution in [0.2, 0.25) is 0 Å². The molecule has 1 rings (SSSR count). The highest BCUT2D eigenvalue weighted by atomic mass is 79.9. The van der Waals surface area contributed by atoms with Gasteiger partial charge in [-0.15, -0.1) is 0 Å². The van der Waals surface area contributed by atoms with Gasteiger partial charge < -0.3 is 4.74 Å². The molecule has 0 amide bonds. The minimum Gasteiger partial charge on any atom is -0.465 e. The van der Waals surface area contributed by atoms with Gasteiger partial charge >= 0.3 is 12.1 Å². The van der Waals surface area contributed by atoms with Gasteiger partial charge in [0.15, 0.2) is 0 Å². The second-order valence-electron chi connectivity index (χ2n) is 2.68. The van der Waals surface area contributed by atoms with E-state index in [-0.39, 0.29) is 10.0 Å². The first-order valence-corrected chi connectivity index (χ1v) is 5.60. The third kappa shape index (κ3) is 4.38. The number of ether oxygens (including phenoxy) is 1. The number of methoxy groups -OCH3 is 1. The van der Waals surface area contributed by atoms with E-state index < -0.39 is 17.7 Å². The fraction of sp³-hybridized carbons (Fsp3) is 0.364. The average Bonchev–Trinajstić information content (AvgIpc) is 2.28. The highest BCUT2D eigenvalue weighted by Gasteiger charge is 2.33. The van der Waals surface area contributed by atoms with Crippen molar-refractivity contribution < 1.29 is 22.7 Å². The van der Waals surface area contributed by atoms with Crippen molar-refractivity contribution in [3.8, 4) is 0 Å². The van der Waals surface area contributed by atoms with Crippen molar-refractivity contribution >= 4 is 21.9 Å². The van der Waals surface area contributed by atoms with E-state index in [1.807, 2.05) is 13.8 Å². The van der Waals surface area contributed by atoms with E-state index in [9.17, 15) is 18.0 Å². The van der Waals surface area contributed by atoms with E-state index in [1.54, 1.807) is 0 Å². The lowest BCUT2D eigenvalue weighted by molar-refractivity contribution is -0.138. The molecule has 0 fully saturated rings. The maximum Gasteiger partial charge on any atom is 0.417 e. The Hall–Kier alpha value is -1.04. The van der Waals surface area contributed by atoms with Crippen LogP contribution in [-0.4, -0.2) is 13.1 Å². The molecule has 6 heteroatoms. The summed E-state index contributed by atoms with van der Waals surface area (Å²) in [6.45, 7) is 4.00. The fourth-order valence-corrected chi connectivity index (χ4v) is 1.59. The number of carbonyl (C=O) groups is 1. The van der Waals surface area contributed by atoms with E-state index in [0.717, 1.165) is 25.3 Å². The molecule has 0 spiro atoms. The molecule has 2 nitrogen and oxygen atoms in total. The molecule has 0 aromatic heterocycles. The van der Waals surface area contributed by atoms with Gasteiger partial charge in [0.25, 0.3) is 0 Å². The molecule has 96 valence electrons. The minimum absolute atomic E-state index is 0.0670. The van der Waals surface area contributed by atoms with Gasteiger partial charge in [-0.1, -0.05) is 29.8 Å². The third-order valence-electron chi connectivity index (χ3n) is 1.70. The topological polar surface area (TPSA) is 26.3 Å². The molecule has 0 aliphatic carbocycles. The molecule has 0 atom stereocenters. The summed E-state index contributed by atoms with van der Waals surface area (Å²) in [6.07, 6.45) is -4.44. The van der Waals surface area contributed by atoms with Crippen LogP contribution < -0.4 is 0 Å². The Morgan fingerprint density at radius 3 is 2.18 bits per heavy atom. The molecule has 0 aliphatic heterocycles. The van der Waals surface area contributed by atoms with Crippen LogP contribution in [0.3, 0.4) is 0 Å². The van der Waals surface area contributed by atoms with E-state index in [4.69, 9.17) is 0 Å². The molecule has 0 unspecified atom stereocenters. The maximum absolute atomic E-state index is 12.3. The van der Waals surface area contributed by atoms with Gasteiger partial charge in [0, 0.05) is 4.47 Å². The van der Waals surface area contributed by atoms with Crippen molar-refractivity contribution in [3.63, 3.8) is 0 Å². The van der Waals surface area contributed by atoms with Crippen molar-refractivity contribution in [2.24, 2.45) is 0 Å². The Kier molecular flexibility index (Phi) is 6.23. The summed E-state index contributed by atoms with van der Waals surface area (Å²) in [5, 5.41) is 0. The van der Waals surface area contributed by atoms with Crippen molar-refractivity contribution in [3.05, 3.63) is 33.8 Å². The van der Waals surface area contributed by atoms with E-state index >= 15 is 0 Å². The Balaban J connectivity index is 0.00000121. The summed E-state index contributed by atoms with van der Waals surface area (Å²) in [5.74, 6) is -0.676. The Bertz CT molecular complexity index is 389. The summed E-state index contributed by atoms with van der Waals surface area (Å²) >= 11 is 2.75. The third-order valence-corrected chi connectivity index (χ3v) is 2.35. The number of esters is 1. The summed E-state index contributed by atoms with van der Waals surface area (Å²) in [5.41, 5.74) is -0.757. The quantitative estimate of drug-likeness (QED) is 0.723. The molecule has 0 N–H and O–H groups in total. The molecule has 1 aromatic rings. The van der Waals surface area contributed by atoms with Crippen LogP contribution in [0, 0.1) is 0 Å². The highest BCUT2D eigenvalue weighted by molar-refractivity contribution is 9.10. The molecular weight excluding hydrogens is 301 g/mol. The second kappa shape index (κ2) is 6.64. The predicted octanol–water partition coefficient (Wildman–Crippen LogP) is 4.28. The average molecular weight is 313 g/mol. The molecule has 1 aromatic carbocycles. The number of hydrogen-bond acceptors (Lipinski definition) is 2. The monoisotopic (exact) mass is 312 g/mol. The van der Waals surface area contributed by atoms with Gasteiger partial charge in [0.2, 0.25) is 0 Å². The first kappa shape index (κ1) is 16.0. The van der Waals surface area contributed by atoms with Gasteiger partial charge in [-0.25, -0.2) is 4.79 Å². The molecule has 17 heavy (non-hydrogen) atoms. The number of benzene rings is 1. The van der Waals surface area contributed by atoms with Crippen molar-refractivity contribution in [2.75, 3.05) is 7.11 Å². The van der Waals surface area contributed by atoms with Crippen LogP contribution in [-0.2, 0) is 10.9 Å². The molecule has 0 saturated heterocycles. The number of rotatable bonds is 1. The van der Waals surface area contributed by atoms with Crippen LogP contribution >= 0.6 is 15.9 Å². The fourth-order valence-electron chi connectivity index (χ4n) is 0.990. The van der Waals surface area contributed by atoms with E-state index in [0.29, 0.717) is 0 Å². The first-order chi connectivity index (χ1) is 7.86. The van der Waals surface area contributed by atoms with Crippen molar-refractivity contribution in [1.82, 2.24) is 0 Å². The lowest BCUT2D eigenvalue weighted by Gasteiger charge is -2.09. The van der Waals surface area contributed by atoms with Gasteiger partial charge in [-0.3, -0.25) is 0 Å². The number of halogens is 4. The maximum atomic E-state index is 12.3. The number of carbonyl (C=O) groups excluding carboxylic acids is 1. The standard InChI is InChI=1S/C9H6BrF3O2.C2H6/c1-15-8(14)5-2-3-6(7(10)4-5)9(11,12)13;1-2/h2-4H,1H3;1-2H3. The lowest BCUT2D eigenvalue weighted by Crippen LogP contribution is -2.08. The van der Waals surface area contributed by atoms with Gasteiger partial charge in [0.05, 0.1) is 18.2 Å². The number of alkyl halides is 3. The van der Waals surface area contributed by atoms with Crippen LogP contribution in [0.4, 0.5) is 13.2 Å². The SMILES string of the molecule is CC.COC(=O)c1ccc(C(F)(F)F)c(Br)c1. The van der Waals surface area contributed by atoms with Crippen LogP contribution in [0.1, 0.15) is 29.8 Å². The van der Waals surface area contributed by atoms with Gasteiger partial charge in [-0.05, 0) is 18.2 Å². The first-order valence-electron chi connectivity index (χ1n) is 4.81. The van der Waals surface area contributed by atoms with Crippen LogP contribution in [0.15, 0.2) is 22.7 Å². The number of hydrogen-bond donors (Lipinski definition) is 0. The summed E-state index contributed by atoms with van der Waals surface area (Å²) < 4.78 is 41.1. The van der Waals surface area contributed by atoms with Crippen LogP contribution in [0.5, 0.6) is 0 Å². The highest BCUT2D eigenvalue weighted by Crippen LogP contribution is 2.35. The second-order valence-corrected chi connectivity index (χ2v) is 3.54. The molecular formula is C11H12BrF3O2. The largest absolute Gasteiger partial charge is 0.465 e. The summed E-state index contributed by atoms with van der Waals surface area (Å²) in [4.78, 5) is 11.0. The van der Waals surface area contributed by atoms with Gasteiger partial charge in [-0.2, -0.15) is 13.2 Å². The lowest BCUT2D eigenvalue weighted by atomic mass is 10.1. The Morgan fingerprint density at radius 2 is 1.82 bits per heavy atom. The van der Waals surface area contributed by atoms with E-state index in [2.05, 4.69) is 20.7 Å². The minimum atomic E-state index is -4.44. The summed E-state index contributed by atoms with van der Waals surface area (Å²) in [6, 6.07) is 2.98.